The van der Waals surface area contributed by atoms with Crippen molar-refractivity contribution < 1.29 is 14.3 Å². The van der Waals surface area contributed by atoms with E-state index >= 15 is 0 Å². The fourth-order valence-electron chi connectivity index (χ4n) is 4.41. The highest BCUT2D eigenvalue weighted by Gasteiger charge is 2.24. The Hall–Kier alpha value is -3.59. The summed E-state index contributed by atoms with van der Waals surface area (Å²) in [7, 11) is 0. The molecule has 9 heteroatoms. The van der Waals surface area contributed by atoms with Gasteiger partial charge in [0.05, 0.1) is 12.0 Å². The number of H-pyrrole nitrogens is 2. The van der Waals surface area contributed by atoms with Gasteiger partial charge in [0.2, 0.25) is 6.79 Å². The van der Waals surface area contributed by atoms with Crippen molar-refractivity contribution in [3.05, 3.63) is 64.1 Å². The number of fused-ring (bicyclic) bond motifs is 1. The van der Waals surface area contributed by atoms with Crippen LogP contribution in [0.15, 0.2) is 41.6 Å². The fourth-order valence-corrected chi connectivity index (χ4v) is 4.41. The lowest BCUT2D eigenvalue weighted by Crippen LogP contribution is -2.43. The van der Waals surface area contributed by atoms with Gasteiger partial charge in [-0.05, 0) is 61.9 Å². The number of ether oxygens (including phenoxy) is 2. The summed E-state index contributed by atoms with van der Waals surface area (Å²) in [4.78, 5) is 35.4. The summed E-state index contributed by atoms with van der Waals surface area (Å²) >= 11 is 0. The lowest BCUT2D eigenvalue weighted by Gasteiger charge is -2.29. The number of carbonyl (C=O) groups is 1. The molecule has 0 unspecified atom stereocenters. The Morgan fingerprint density at radius 2 is 1.85 bits per heavy atom. The zero-order chi connectivity index (χ0) is 22.8. The van der Waals surface area contributed by atoms with E-state index in [4.69, 9.17) is 9.47 Å². The van der Waals surface area contributed by atoms with Gasteiger partial charge in [-0.1, -0.05) is 6.07 Å². The minimum atomic E-state index is -0.401. The van der Waals surface area contributed by atoms with Crippen LogP contribution in [0, 0.1) is 6.92 Å². The molecule has 0 atom stereocenters. The zero-order valence-electron chi connectivity index (χ0n) is 18.4. The second-order valence-electron chi connectivity index (χ2n) is 8.58. The molecule has 9 nitrogen and oxygen atoms in total. The highest BCUT2D eigenvalue weighted by Crippen LogP contribution is 2.35. The van der Waals surface area contributed by atoms with E-state index in [1.165, 1.54) is 0 Å². The standard InChI is InChI=1S/C24H27N5O4/c1-14-20(28-12-27-14)11-25-17-3-5-18(6-4-17)29-24(31)19-8-16(10-26-23(19)30)15-2-7-21-22(9-15)33-13-32-21/h2,7-10,12,17-18,25H,3-6,11,13H2,1H3,(H,26,30)(H,27,28)(H,29,31). The third-order valence-corrected chi connectivity index (χ3v) is 6.41. The van der Waals surface area contributed by atoms with Gasteiger partial charge in [-0.2, -0.15) is 0 Å². The van der Waals surface area contributed by atoms with Gasteiger partial charge >= 0.3 is 0 Å². The Kier molecular flexibility index (Phi) is 5.87. The molecule has 1 amide bonds. The van der Waals surface area contributed by atoms with Crippen molar-refractivity contribution in [1.82, 2.24) is 25.6 Å². The first-order valence-corrected chi connectivity index (χ1v) is 11.2. The zero-order valence-corrected chi connectivity index (χ0v) is 18.4. The number of hydrogen-bond acceptors (Lipinski definition) is 6. The van der Waals surface area contributed by atoms with E-state index in [-0.39, 0.29) is 24.3 Å². The largest absolute Gasteiger partial charge is 0.454 e. The summed E-state index contributed by atoms with van der Waals surface area (Å²) < 4.78 is 10.8. The molecule has 5 rings (SSSR count). The van der Waals surface area contributed by atoms with Crippen LogP contribution >= 0.6 is 0 Å². The summed E-state index contributed by atoms with van der Waals surface area (Å²) in [5.74, 6) is 0.991. The van der Waals surface area contributed by atoms with Crippen molar-refractivity contribution in [3.8, 4) is 22.6 Å². The van der Waals surface area contributed by atoms with Crippen LogP contribution in [0.2, 0.25) is 0 Å². The predicted octanol–water partition coefficient (Wildman–Crippen LogP) is 2.63. The molecule has 0 bridgehead atoms. The topological polar surface area (TPSA) is 121 Å². The SMILES string of the molecule is Cc1[nH]cnc1CNC1CCC(NC(=O)c2cc(-c3ccc4c(c3)OCO4)c[nH]c2=O)CC1. The second kappa shape index (κ2) is 9.11. The second-order valence-corrected chi connectivity index (χ2v) is 8.58. The first-order valence-electron chi connectivity index (χ1n) is 11.2. The van der Waals surface area contributed by atoms with E-state index in [1.807, 2.05) is 25.1 Å². The van der Waals surface area contributed by atoms with Crippen LogP contribution in [-0.2, 0) is 6.54 Å². The van der Waals surface area contributed by atoms with Crippen molar-refractivity contribution >= 4 is 5.91 Å². The number of amides is 1. The number of imidazole rings is 1. The number of aryl methyl sites for hydroxylation is 1. The summed E-state index contributed by atoms with van der Waals surface area (Å²) in [5.41, 5.74) is 3.40. The molecule has 2 aliphatic rings. The number of nitrogens with zero attached hydrogens (tertiary/aromatic N) is 1. The maximum absolute atomic E-state index is 12.9. The normalized spacial score (nSPS) is 19.4. The molecule has 1 saturated carbocycles. The molecular weight excluding hydrogens is 422 g/mol. The van der Waals surface area contributed by atoms with Gasteiger partial charge in [0.25, 0.3) is 11.5 Å². The third kappa shape index (κ3) is 4.63. The minimum absolute atomic E-state index is 0.0521. The van der Waals surface area contributed by atoms with Gasteiger partial charge in [0, 0.05) is 30.5 Å². The number of carbonyl (C=O) groups excluding carboxylic acids is 1. The third-order valence-electron chi connectivity index (χ3n) is 6.41. The molecule has 1 fully saturated rings. The smallest absolute Gasteiger partial charge is 0.260 e. The Labute approximate surface area is 190 Å². The van der Waals surface area contributed by atoms with Crippen LogP contribution in [0.3, 0.4) is 0 Å². The summed E-state index contributed by atoms with van der Waals surface area (Å²) in [6.07, 6.45) is 6.96. The van der Waals surface area contributed by atoms with Gasteiger partial charge in [0.1, 0.15) is 5.56 Å². The maximum Gasteiger partial charge on any atom is 0.260 e. The molecule has 2 aromatic heterocycles. The first-order chi connectivity index (χ1) is 16.1. The number of nitrogens with one attached hydrogen (secondary N) is 4. The van der Waals surface area contributed by atoms with Crippen LogP contribution < -0.4 is 25.7 Å². The highest BCUT2D eigenvalue weighted by molar-refractivity contribution is 5.95. The average molecular weight is 450 g/mol. The highest BCUT2D eigenvalue weighted by atomic mass is 16.7. The minimum Gasteiger partial charge on any atom is -0.454 e. The number of aromatic amines is 2. The van der Waals surface area contributed by atoms with E-state index in [1.54, 1.807) is 18.6 Å². The first kappa shape index (κ1) is 21.3. The van der Waals surface area contributed by atoms with Crippen LogP contribution in [0.4, 0.5) is 0 Å². The number of rotatable bonds is 6. The monoisotopic (exact) mass is 449 g/mol. The molecule has 4 N–H and O–H groups in total. The van der Waals surface area contributed by atoms with Crippen molar-refractivity contribution in [2.75, 3.05) is 6.79 Å². The van der Waals surface area contributed by atoms with Crippen LogP contribution in [0.25, 0.3) is 11.1 Å². The van der Waals surface area contributed by atoms with E-state index in [2.05, 4.69) is 25.6 Å². The van der Waals surface area contributed by atoms with Gasteiger partial charge < -0.3 is 30.1 Å². The van der Waals surface area contributed by atoms with Gasteiger partial charge in [-0.3, -0.25) is 9.59 Å². The van der Waals surface area contributed by atoms with Crippen molar-refractivity contribution in [3.63, 3.8) is 0 Å². The number of benzene rings is 1. The van der Waals surface area contributed by atoms with Crippen molar-refractivity contribution in [1.29, 1.82) is 0 Å². The molecule has 33 heavy (non-hydrogen) atoms. The quantitative estimate of drug-likeness (QED) is 0.459. The Morgan fingerprint density at radius 3 is 2.64 bits per heavy atom. The average Bonchev–Trinajstić information content (AvgIpc) is 3.47. The summed E-state index contributed by atoms with van der Waals surface area (Å²) in [6.45, 7) is 2.94. The molecule has 1 aliphatic carbocycles. The number of aromatic nitrogens is 3. The molecule has 3 aromatic rings. The van der Waals surface area contributed by atoms with Gasteiger partial charge in [0.15, 0.2) is 11.5 Å². The van der Waals surface area contributed by atoms with Crippen molar-refractivity contribution in [2.45, 2.75) is 51.2 Å². The van der Waals surface area contributed by atoms with Crippen LogP contribution in [0.1, 0.15) is 47.4 Å². The Bertz CT molecular complexity index is 1210. The molecule has 0 radical (unpaired) electrons. The molecule has 1 aliphatic heterocycles. The van der Waals surface area contributed by atoms with E-state index in [9.17, 15) is 9.59 Å². The summed E-state index contributed by atoms with van der Waals surface area (Å²) in [6, 6.07) is 7.62. The van der Waals surface area contributed by atoms with E-state index in [0.29, 0.717) is 17.5 Å². The van der Waals surface area contributed by atoms with Gasteiger partial charge in [-0.25, -0.2) is 4.98 Å². The molecule has 3 heterocycles. The predicted molar refractivity (Wildman–Crippen MR) is 122 cm³/mol. The van der Waals surface area contributed by atoms with Gasteiger partial charge in [-0.15, -0.1) is 0 Å². The lowest BCUT2D eigenvalue weighted by molar-refractivity contribution is 0.0922. The number of pyridine rings is 1. The molecule has 0 saturated heterocycles. The van der Waals surface area contributed by atoms with Crippen LogP contribution in [0.5, 0.6) is 11.5 Å². The molecule has 1 aromatic carbocycles. The fraction of sp³-hybridized carbons (Fsp3) is 0.375. The molecule has 0 spiro atoms. The van der Waals surface area contributed by atoms with Crippen molar-refractivity contribution in [2.24, 2.45) is 0 Å². The van der Waals surface area contributed by atoms with Crippen LogP contribution in [-0.4, -0.2) is 39.7 Å². The Morgan fingerprint density at radius 1 is 1.06 bits per heavy atom. The lowest BCUT2D eigenvalue weighted by atomic mass is 9.91. The van der Waals surface area contributed by atoms with E-state index < -0.39 is 5.56 Å². The maximum atomic E-state index is 12.9. The molecular formula is C24H27N5O4. The number of hydrogen-bond donors (Lipinski definition) is 4. The molecule has 172 valence electrons. The Balaban J connectivity index is 1.19. The van der Waals surface area contributed by atoms with E-state index in [0.717, 1.165) is 54.7 Å². The summed E-state index contributed by atoms with van der Waals surface area (Å²) in [5, 5.41) is 6.60.